The second-order valence-electron chi connectivity index (χ2n) is 9.13. The Hall–Kier alpha value is -4.59. The number of carbonyl (C=O) groups is 3. The maximum atomic E-state index is 12.6. The first-order valence-electron chi connectivity index (χ1n) is 12.3. The molecular formula is C28H28O13. The first-order chi connectivity index (χ1) is 19.5. The highest BCUT2D eigenvalue weighted by molar-refractivity contribution is 5.88. The van der Waals surface area contributed by atoms with E-state index in [0.717, 1.165) is 19.3 Å². The van der Waals surface area contributed by atoms with Gasteiger partial charge in [0, 0.05) is 12.2 Å². The fraction of sp³-hybridized carbons (Fsp3) is 0.321. The molecule has 2 saturated heterocycles. The molecule has 2 heterocycles. The van der Waals surface area contributed by atoms with Gasteiger partial charge in [-0.15, -0.1) is 0 Å². The number of ether oxygens (including phenoxy) is 6. The first-order valence-corrected chi connectivity index (χ1v) is 12.3. The van der Waals surface area contributed by atoms with Gasteiger partial charge in [-0.2, -0.15) is 0 Å². The maximum Gasteiger partial charge on any atom is 0.366 e. The van der Waals surface area contributed by atoms with Crippen molar-refractivity contribution < 1.29 is 63.2 Å². The van der Waals surface area contributed by atoms with Crippen LogP contribution in [0.15, 0.2) is 48.6 Å². The lowest BCUT2D eigenvalue weighted by Crippen LogP contribution is -2.55. The predicted octanol–water partition coefficient (Wildman–Crippen LogP) is 1.41. The number of benzene rings is 2. The van der Waals surface area contributed by atoms with Crippen molar-refractivity contribution in [1.82, 2.24) is 0 Å². The maximum absolute atomic E-state index is 12.6. The lowest BCUT2D eigenvalue weighted by molar-refractivity contribution is -0.249. The molecule has 0 radical (unpaired) electrons. The Morgan fingerprint density at radius 1 is 0.927 bits per heavy atom. The van der Waals surface area contributed by atoms with Crippen LogP contribution in [0.4, 0.5) is 0 Å². The van der Waals surface area contributed by atoms with Crippen LogP contribution in [0.25, 0.3) is 12.2 Å². The lowest BCUT2D eigenvalue weighted by atomic mass is 9.95. The standard InChI is InChI=1S/C28H28O13/c1-36-20-12-16(4-8-18(20)30)6-10-24(33)39-21-13-28(27(35)37-2)40-22(26(41-28)25(21)34)14-38-23(32)9-5-15-3-7-17(29)19(31)11-15/h3-12,21-22,25-26,29-31,34H,13-14H2,1-2H3. The smallest absolute Gasteiger partial charge is 0.366 e. The van der Waals surface area contributed by atoms with Crippen molar-refractivity contribution in [2.45, 2.75) is 36.6 Å². The van der Waals surface area contributed by atoms with Crippen molar-refractivity contribution in [2.24, 2.45) is 0 Å². The van der Waals surface area contributed by atoms with E-state index in [-0.39, 0.29) is 23.0 Å². The van der Waals surface area contributed by atoms with Crippen LogP contribution in [0.1, 0.15) is 17.5 Å². The van der Waals surface area contributed by atoms with Gasteiger partial charge in [-0.05, 0) is 47.5 Å². The van der Waals surface area contributed by atoms with E-state index >= 15 is 0 Å². The predicted molar refractivity (Wildman–Crippen MR) is 138 cm³/mol. The van der Waals surface area contributed by atoms with Crippen LogP contribution < -0.4 is 4.74 Å². The molecule has 0 amide bonds. The number of hydrogen-bond donors (Lipinski definition) is 4. The van der Waals surface area contributed by atoms with Crippen LogP contribution in [0.3, 0.4) is 0 Å². The molecule has 2 fully saturated rings. The van der Waals surface area contributed by atoms with Gasteiger partial charge in [-0.25, -0.2) is 14.4 Å². The second-order valence-corrected chi connectivity index (χ2v) is 9.13. The average molecular weight is 573 g/mol. The number of phenolic OH excluding ortho intramolecular Hbond substituents is 3. The molecule has 0 saturated carbocycles. The Balaban J connectivity index is 1.41. The van der Waals surface area contributed by atoms with Gasteiger partial charge in [0.15, 0.2) is 23.0 Å². The molecule has 13 heteroatoms. The molecule has 218 valence electrons. The van der Waals surface area contributed by atoms with Gasteiger partial charge in [0.05, 0.1) is 20.6 Å². The van der Waals surface area contributed by atoms with Gasteiger partial charge in [0.25, 0.3) is 5.79 Å². The third-order valence-corrected chi connectivity index (χ3v) is 6.40. The van der Waals surface area contributed by atoms with E-state index in [0.29, 0.717) is 11.1 Å². The fourth-order valence-corrected chi connectivity index (χ4v) is 4.36. The van der Waals surface area contributed by atoms with Crippen molar-refractivity contribution in [3.05, 3.63) is 59.7 Å². The number of aromatic hydroxyl groups is 3. The largest absolute Gasteiger partial charge is 0.504 e. The Morgan fingerprint density at radius 3 is 2.24 bits per heavy atom. The molecule has 13 nitrogen and oxygen atoms in total. The molecule has 0 spiro atoms. The Morgan fingerprint density at radius 2 is 1.59 bits per heavy atom. The van der Waals surface area contributed by atoms with Crippen LogP contribution in [0.5, 0.6) is 23.0 Å². The van der Waals surface area contributed by atoms with Crippen LogP contribution >= 0.6 is 0 Å². The summed E-state index contributed by atoms with van der Waals surface area (Å²) in [5, 5.41) is 39.5. The quantitative estimate of drug-likeness (QED) is 0.146. The fourth-order valence-electron chi connectivity index (χ4n) is 4.36. The molecule has 2 aliphatic rings. The number of fused-ring (bicyclic) bond motifs is 2. The summed E-state index contributed by atoms with van der Waals surface area (Å²) in [6, 6.07) is 8.39. The zero-order valence-electron chi connectivity index (χ0n) is 22.0. The molecule has 41 heavy (non-hydrogen) atoms. The highest BCUT2D eigenvalue weighted by Crippen LogP contribution is 2.42. The normalized spacial score (nSPS) is 25.2. The van der Waals surface area contributed by atoms with Gasteiger partial charge < -0.3 is 48.8 Å². The summed E-state index contributed by atoms with van der Waals surface area (Å²) in [6.45, 7) is -0.423. The number of rotatable bonds is 9. The van der Waals surface area contributed by atoms with Crippen molar-refractivity contribution in [3.8, 4) is 23.0 Å². The Kier molecular flexibility index (Phi) is 8.81. The zero-order chi connectivity index (χ0) is 29.7. The van der Waals surface area contributed by atoms with E-state index in [4.69, 9.17) is 28.4 Å². The van der Waals surface area contributed by atoms with Gasteiger partial charge in [-0.3, -0.25) is 0 Å². The molecular weight excluding hydrogens is 544 g/mol. The first kappa shape index (κ1) is 29.4. The second kappa shape index (κ2) is 12.3. The van der Waals surface area contributed by atoms with Crippen LogP contribution in [-0.2, 0) is 38.1 Å². The molecule has 2 aromatic carbocycles. The Labute approximate surface area is 233 Å². The number of methoxy groups -OCH3 is 2. The van der Waals surface area contributed by atoms with E-state index in [1.54, 1.807) is 6.07 Å². The third kappa shape index (κ3) is 6.60. The van der Waals surface area contributed by atoms with Crippen molar-refractivity contribution in [2.75, 3.05) is 20.8 Å². The summed E-state index contributed by atoms with van der Waals surface area (Å²) < 4.78 is 31.9. The number of hydrogen-bond acceptors (Lipinski definition) is 13. The third-order valence-electron chi connectivity index (χ3n) is 6.40. The minimum Gasteiger partial charge on any atom is -0.504 e. The molecule has 4 N–H and O–H groups in total. The minimum absolute atomic E-state index is 0.0741. The monoisotopic (exact) mass is 572 g/mol. The van der Waals surface area contributed by atoms with E-state index in [9.17, 15) is 34.8 Å². The van der Waals surface area contributed by atoms with Gasteiger partial charge in [-0.1, -0.05) is 12.1 Å². The summed E-state index contributed by atoms with van der Waals surface area (Å²) in [5.41, 5.74) is 0.939. The summed E-state index contributed by atoms with van der Waals surface area (Å²) in [7, 11) is 2.49. The number of carbonyl (C=O) groups excluding carboxylic acids is 3. The molecule has 4 rings (SSSR count). The summed E-state index contributed by atoms with van der Waals surface area (Å²) in [4.78, 5) is 37.4. The molecule has 5 atom stereocenters. The van der Waals surface area contributed by atoms with E-state index in [1.165, 1.54) is 49.6 Å². The molecule has 5 unspecified atom stereocenters. The van der Waals surface area contributed by atoms with Crippen LogP contribution in [-0.4, -0.2) is 89.4 Å². The minimum atomic E-state index is -2.01. The summed E-state index contributed by atoms with van der Waals surface area (Å²) in [6.07, 6.45) is -0.469. The number of esters is 3. The van der Waals surface area contributed by atoms with E-state index in [1.807, 2.05) is 0 Å². The lowest BCUT2D eigenvalue weighted by Gasteiger charge is -2.36. The molecule has 2 bridgehead atoms. The topological polar surface area (TPSA) is 188 Å². The summed E-state index contributed by atoms with van der Waals surface area (Å²) in [5.74, 6) is -5.12. The average Bonchev–Trinajstić information content (AvgIpc) is 3.29. The van der Waals surface area contributed by atoms with Gasteiger partial charge in [0.1, 0.15) is 31.0 Å². The Bertz CT molecular complexity index is 1370. The van der Waals surface area contributed by atoms with E-state index in [2.05, 4.69) is 0 Å². The van der Waals surface area contributed by atoms with Crippen LogP contribution in [0.2, 0.25) is 0 Å². The van der Waals surface area contributed by atoms with Crippen LogP contribution in [0, 0.1) is 0 Å². The van der Waals surface area contributed by atoms with Gasteiger partial charge in [0.2, 0.25) is 0 Å². The number of aliphatic hydroxyl groups excluding tert-OH is 1. The number of aliphatic hydroxyl groups is 1. The summed E-state index contributed by atoms with van der Waals surface area (Å²) >= 11 is 0. The van der Waals surface area contributed by atoms with Crippen molar-refractivity contribution >= 4 is 30.1 Å². The van der Waals surface area contributed by atoms with Crippen molar-refractivity contribution in [1.29, 1.82) is 0 Å². The van der Waals surface area contributed by atoms with E-state index < -0.39 is 61.1 Å². The molecule has 2 aliphatic heterocycles. The zero-order valence-corrected chi connectivity index (χ0v) is 22.0. The molecule has 0 aliphatic carbocycles. The highest BCUT2D eigenvalue weighted by Gasteiger charge is 2.63. The molecule has 0 aromatic heterocycles. The SMILES string of the molecule is COC(=O)C12CC(OC(=O)C=Cc3ccc(O)c(OC)c3)C(O)C(O1)C(COC(=O)C=Cc1ccc(O)c(O)c1)O2. The molecule has 2 aromatic rings. The van der Waals surface area contributed by atoms with Gasteiger partial charge >= 0.3 is 17.9 Å². The van der Waals surface area contributed by atoms with Crippen molar-refractivity contribution in [3.63, 3.8) is 0 Å². The number of phenols is 3. The highest BCUT2D eigenvalue weighted by atomic mass is 16.8.